The van der Waals surface area contributed by atoms with Gasteiger partial charge in [0.15, 0.2) is 5.69 Å². The Morgan fingerprint density at radius 3 is 2.41 bits per heavy atom. The summed E-state index contributed by atoms with van der Waals surface area (Å²) in [4.78, 5) is 32.5. The van der Waals surface area contributed by atoms with Gasteiger partial charge in [0.2, 0.25) is 5.91 Å². The van der Waals surface area contributed by atoms with Gasteiger partial charge in [-0.05, 0) is 44.0 Å². The van der Waals surface area contributed by atoms with Gasteiger partial charge in [0, 0.05) is 25.7 Å². The molecule has 1 aromatic carbocycles. The van der Waals surface area contributed by atoms with E-state index in [4.69, 9.17) is 0 Å². The topological polar surface area (TPSA) is 79.3 Å². The first-order chi connectivity index (χ1) is 15.8. The highest BCUT2D eigenvalue weighted by Gasteiger charge is 2.36. The summed E-state index contributed by atoms with van der Waals surface area (Å²) >= 11 is 0. The molecule has 0 saturated heterocycles. The number of carbonyl (C=O) groups excluding carboxylic acids is 2. The quantitative estimate of drug-likeness (QED) is 0.703. The minimum absolute atomic E-state index is 0.0605. The summed E-state index contributed by atoms with van der Waals surface area (Å²) in [6, 6.07) is 3.18. The molecular formula is C24H32F3N5O2. The molecule has 7 nitrogen and oxygen atoms in total. The van der Waals surface area contributed by atoms with Crippen LogP contribution < -0.4 is 10.6 Å². The average molecular weight is 480 g/mol. The van der Waals surface area contributed by atoms with Gasteiger partial charge in [-0.15, -0.1) is 0 Å². The number of alkyl halides is 3. The van der Waals surface area contributed by atoms with Crippen LogP contribution in [0.25, 0.3) is 11.4 Å². The molecule has 1 atom stereocenters. The van der Waals surface area contributed by atoms with Crippen LogP contribution in [0.2, 0.25) is 0 Å². The number of nitrogens with zero attached hydrogens (tertiary/aromatic N) is 3. The Bertz CT molecular complexity index is 1090. The highest BCUT2D eigenvalue weighted by atomic mass is 19.4. The van der Waals surface area contributed by atoms with Gasteiger partial charge in [-0.3, -0.25) is 9.59 Å². The number of aromatic nitrogens is 2. The van der Waals surface area contributed by atoms with Crippen molar-refractivity contribution < 1.29 is 22.8 Å². The van der Waals surface area contributed by atoms with Crippen LogP contribution in [-0.4, -0.2) is 52.9 Å². The second-order valence-corrected chi connectivity index (χ2v) is 9.84. The van der Waals surface area contributed by atoms with Crippen LogP contribution in [0.1, 0.15) is 54.5 Å². The number of hydrogen-bond donors (Lipinski definition) is 2. The van der Waals surface area contributed by atoms with Crippen LogP contribution in [0, 0.1) is 12.3 Å². The maximum Gasteiger partial charge on any atom is 0.416 e. The van der Waals surface area contributed by atoms with Crippen molar-refractivity contribution in [2.45, 2.75) is 59.4 Å². The molecule has 0 spiro atoms. The summed E-state index contributed by atoms with van der Waals surface area (Å²) in [6.07, 6.45) is -3.74. The number of amides is 2. The molecule has 2 N–H and O–H groups in total. The zero-order valence-corrected chi connectivity index (χ0v) is 20.4. The predicted octanol–water partition coefficient (Wildman–Crippen LogP) is 3.60. The fraction of sp³-hybridized carbons (Fsp3) is 0.542. The number of benzene rings is 1. The Balaban J connectivity index is 2.14. The molecule has 0 aliphatic carbocycles. The van der Waals surface area contributed by atoms with Crippen LogP contribution >= 0.6 is 0 Å². The largest absolute Gasteiger partial charge is 0.416 e. The monoisotopic (exact) mass is 479 g/mol. The number of carbonyl (C=O) groups is 2. The molecule has 1 aromatic heterocycles. The fourth-order valence-corrected chi connectivity index (χ4v) is 4.31. The van der Waals surface area contributed by atoms with E-state index in [-0.39, 0.29) is 17.2 Å². The predicted molar refractivity (Wildman–Crippen MR) is 123 cm³/mol. The Morgan fingerprint density at radius 2 is 1.82 bits per heavy atom. The third-order valence-corrected chi connectivity index (χ3v) is 6.16. The maximum atomic E-state index is 13.6. The maximum absolute atomic E-state index is 13.6. The third-order valence-electron chi connectivity index (χ3n) is 6.16. The number of hydrogen-bond acceptors (Lipinski definition) is 4. The molecule has 1 aliphatic heterocycles. The Labute approximate surface area is 197 Å². The van der Waals surface area contributed by atoms with Gasteiger partial charge in [0.25, 0.3) is 5.91 Å². The zero-order chi connectivity index (χ0) is 25.4. The summed E-state index contributed by atoms with van der Waals surface area (Å²) in [5.41, 5.74) is -0.160. The van der Waals surface area contributed by atoms with Gasteiger partial charge in [0.05, 0.1) is 11.3 Å². The first-order valence-electron chi connectivity index (χ1n) is 11.2. The van der Waals surface area contributed by atoms with Gasteiger partial charge >= 0.3 is 6.18 Å². The lowest BCUT2D eigenvalue weighted by Gasteiger charge is -2.29. The van der Waals surface area contributed by atoms with Crippen LogP contribution in [-0.2, 0) is 24.1 Å². The molecule has 0 saturated carbocycles. The standard InChI is InChI=1S/C24H32F3N5O2/c1-14-15(9-7-10-16(14)24(25,26)27)20-29-18(17-13-31(6)11-8-12-32(17)20)21(33)30-19(22(34)28-5)23(2,3)4/h7,9-10,19H,8,11-13H2,1-6H3,(H,28,34)(H,30,33). The van der Waals surface area contributed by atoms with Crippen molar-refractivity contribution in [3.8, 4) is 11.4 Å². The van der Waals surface area contributed by atoms with Crippen LogP contribution in [0.3, 0.4) is 0 Å². The number of halogens is 3. The lowest BCUT2D eigenvalue weighted by Crippen LogP contribution is -2.53. The van der Waals surface area contributed by atoms with Gasteiger partial charge in [-0.25, -0.2) is 4.98 Å². The van der Waals surface area contributed by atoms with E-state index >= 15 is 0 Å². The second kappa shape index (κ2) is 9.40. The first kappa shape index (κ1) is 25.7. The Kier molecular flexibility index (Phi) is 7.12. The zero-order valence-electron chi connectivity index (χ0n) is 20.4. The minimum atomic E-state index is -4.50. The number of fused-ring (bicyclic) bond motifs is 1. The molecule has 0 bridgehead atoms. The number of nitrogens with one attached hydrogen (secondary N) is 2. The van der Waals surface area contributed by atoms with Crippen LogP contribution in [0.5, 0.6) is 0 Å². The van der Waals surface area contributed by atoms with E-state index in [2.05, 4.69) is 15.6 Å². The van der Waals surface area contributed by atoms with Crippen molar-refractivity contribution in [3.63, 3.8) is 0 Å². The molecule has 1 aliphatic rings. The molecule has 186 valence electrons. The first-order valence-corrected chi connectivity index (χ1v) is 11.2. The summed E-state index contributed by atoms with van der Waals surface area (Å²) in [5.74, 6) is -0.540. The molecule has 0 fully saturated rings. The lowest BCUT2D eigenvalue weighted by molar-refractivity contribution is -0.138. The number of rotatable bonds is 4. The smallest absolute Gasteiger partial charge is 0.357 e. The van der Waals surface area contributed by atoms with Crippen molar-refractivity contribution in [1.82, 2.24) is 25.1 Å². The van der Waals surface area contributed by atoms with E-state index in [1.54, 1.807) is 6.07 Å². The van der Waals surface area contributed by atoms with Crippen molar-refractivity contribution in [3.05, 3.63) is 40.7 Å². The fourth-order valence-electron chi connectivity index (χ4n) is 4.31. The Hall–Kier alpha value is -2.88. The van der Waals surface area contributed by atoms with Crippen LogP contribution in [0.15, 0.2) is 18.2 Å². The van der Waals surface area contributed by atoms with E-state index in [1.165, 1.54) is 20.0 Å². The number of imidazole rings is 1. The van der Waals surface area contributed by atoms with Gasteiger partial charge in [0.1, 0.15) is 11.9 Å². The van der Waals surface area contributed by atoms with Crippen LogP contribution in [0.4, 0.5) is 13.2 Å². The van der Waals surface area contributed by atoms with Gasteiger partial charge in [-0.2, -0.15) is 13.2 Å². The molecule has 3 rings (SSSR count). The van der Waals surface area contributed by atoms with Gasteiger partial charge < -0.3 is 20.1 Å². The van der Waals surface area contributed by atoms with Crippen molar-refractivity contribution in [2.75, 3.05) is 20.6 Å². The normalized spacial score (nSPS) is 15.9. The van der Waals surface area contributed by atoms with Gasteiger partial charge in [-0.1, -0.05) is 32.9 Å². The molecule has 34 heavy (non-hydrogen) atoms. The Morgan fingerprint density at radius 1 is 1.15 bits per heavy atom. The van der Waals surface area contributed by atoms with Crippen molar-refractivity contribution >= 4 is 11.8 Å². The van der Waals surface area contributed by atoms with Crippen molar-refractivity contribution in [2.24, 2.45) is 5.41 Å². The molecule has 0 radical (unpaired) electrons. The average Bonchev–Trinajstić information content (AvgIpc) is 2.95. The van der Waals surface area contributed by atoms with E-state index in [0.717, 1.165) is 19.0 Å². The molecule has 2 heterocycles. The lowest BCUT2D eigenvalue weighted by atomic mass is 9.86. The highest BCUT2D eigenvalue weighted by molar-refractivity contribution is 5.98. The summed E-state index contributed by atoms with van der Waals surface area (Å²) < 4.78 is 42.5. The second-order valence-electron chi connectivity index (χ2n) is 9.84. The van der Waals surface area contributed by atoms with E-state index in [1.807, 2.05) is 37.3 Å². The van der Waals surface area contributed by atoms with Crippen molar-refractivity contribution in [1.29, 1.82) is 0 Å². The molecule has 2 aromatic rings. The SMILES string of the molecule is CNC(=O)C(NC(=O)c1nc(-c2cccc(C(F)(F)F)c2C)n2c1CN(C)CCC2)C(C)(C)C. The molecule has 1 unspecified atom stereocenters. The third kappa shape index (κ3) is 5.11. The highest BCUT2D eigenvalue weighted by Crippen LogP contribution is 2.37. The minimum Gasteiger partial charge on any atom is -0.357 e. The van der Waals surface area contributed by atoms with E-state index in [0.29, 0.717) is 30.2 Å². The summed E-state index contributed by atoms with van der Waals surface area (Å²) in [7, 11) is 3.42. The molecule has 10 heteroatoms. The van der Waals surface area contributed by atoms with E-state index < -0.39 is 29.1 Å². The molecule has 2 amide bonds. The number of likely N-dealkylation sites (N-methyl/N-ethyl adjacent to an activating group) is 1. The summed E-state index contributed by atoms with van der Waals surface area (Å²) in [5, 5.41) is 5.37. The molecular weight excluding hydrogens is 447 g/mol. The summed E-state index contributed by atoms with van der Waals surface area (Å²) in [6.45, 7) is 8.64. The van der Waals surface area contributed by atoms with E-state index in [9.17, 15) is 22.8 Å².